The van der Waals surface area contributed by atoms with E-state index in [9.17, 15) is 19.2 Å². The van der Waals surface area contributed by atoms with Crippen LogP contribution in [0, 0.1) is 19.8 Å². The summed E-state index contributed by atoms with van der Waals surface area (Å²) >= 11 is 0. The third kappa shape index (κ3) is 8.76. The van der Waals surface area contributed by atoms with Gasteiger partial charge in [-0.15, -0.1) is 0 Å². The van der Waals surface area contributed by atoms with Gasteiger partial charge in [-0.2, -0.15) is 0 Å². The fraction of sp³-hybridized carbons (Fsp3) is 0.360. The molecule has 2 N–H and O–H groups in total. The van der Waals surface area contributed by atoms with Crippen LogP contribution in [0.2, 0.25) is 0 Å². The predicted octanol–water partition coefficient (Wildman–Crippen LogP) is 4.02. The lowest BCUT2D eigenvalue weighted by Gasteiger charge is -2.11. The zero-order chi connectivity index (χ0) is 24.4. The van der Waals surface area contributed by atoms with E-state index in [4.69, 9.17) is 9.47 Å². The molecule has 0 radical (unpaired) electrons. The van der Waals surface area contributed by atoms with Crippen LogP contribution in [0.3, 0.4) is 0 Å². The highest BCUT2D eigenvalue weighted by atomic mass is 16.5. The normalized spacial score (nSPS) is 10.5. The van der Waals surface area contributed by atoms with Gasteiger partial charge in [-0.3, -0.25) is 14.4 Å². The predicted molar refractivity (Wildman–Crippen MR) is 125 cm³/mol. The second kappa shape index (κ2) is 12.4. The number of carbonyl (C=O) groups is 4. The van der Waals surface area contributed by atoms with E-state index in [0.29, 0.717) is 23.5 Å². The molecule has 0 unspecified atom stereocenters. The number of aryl methyl sites for hydroxylation is 2. The summed E-state index contributed by atoms with van der Waals surface area (Å²) in [4.78, 5) is 48.2. The summed E-state index contributed by atoms with van der Waals surface area (Å²) in [7, 11) is 0. The van der Waals surface area contributed by atoms with Crippen LogP contribution in [0.1, 0.15) is 48.2 Å². The van der Waals surface area contributed by atoms with E-state index in [1.807, 2.05) is 45.9 Å². The number of ether oxygens (including phenoxy) is 2. The Morgan fingerprint density at radius 3 is 2.18 bits per heavy atom. The van der Waals surface area contributed by atoms with Crippen molar-refractivity contribution < 1.29 is 28.7 Å². The second-order valence-electron chi connectivity index (χ2n) is 8.10. The minimum atomic E-state index is -0.659. The van der Waals surface area contributed by atoms with Crippen molar-refractivity contribution in [3.05, 3.63) is 59.2 Å². The fourth-order valence-corrected chi connectivity index (χ4v) is 2.89. The van der Waals surface area contributed by atoms with Crippen molar-refractivity contribution in [2.45, 2.75) is 40.5 Å². The van der Waals surface area contributed by atoms with Crippen LogP contribution in [0.15, 0.2) is 42.5 Å². The molecule has 2 rings (SSSR count). The molecule has 2 aromatic carbocycles. The molecule has 0 spiro atoms. The molecular weight excluding hydrogens is 424 g/mol. The van der Waals surface area contributed by atoms with Crippen LogP contribution >= 0.6 is 0 Å². The number of para-hydroxylation sites is 1. The first-order valence-electron chi connectivity index (χ1n) is 10.7. The Morgan fingerprint density at radius 1 is 0.848 bits per heavy atom. The minimum Gasteiger partial charge on any atom is -0.462 e. The third-order valence-corrected chi connectivity index (χ3v) is 4.60. The van der Waals surface area contributed by atoms with Crippen molar-refractivity contribution in [2.75, 3.05) is 23.8 Å². The first kappa shape index (κ1) is 25.6. The van der Waals surface area contributed by atoms with Gasteiger partial charge in [0.2, 0.25) is 5.91 Å². The first-order valence-corrected chi connectivity index (χ1v) is 10.7. The highest BCUT2D eigenvalue weighted by molar-refractivity contribution is 5.96. The summed E-state index contributed by atoms with van der Waals surface area (Å²) in [6.07, 6.45) is -0.308. The fourth-order valence-electron chi connectivity index (χ4n) is 2.89. The molecule has 0 heterocycles. The first-order chi connectivity index (χ1) is 15.7. The van der Waals surface area contributed by atoms with E-state index in [-0.39, 0.29) is 18.8 Å². The molecule has 8 nitrogen and oxygen atoms in total. The van der Waals surface area contributed by atoms with Crippen molar-refractivity contribution in [1.29, 1.82) is 0 Å². The molecule has 0 aliphatic heterocycles. The van der Waals surface area contributed by atoms with Crippen molar-refractivity contribution >= 4 is 35.1 Å². The molecule has 0 aliphatic carbocycles. The quantitative estimate of drug-likeness (QED) is 0.525. The molecule has 0 atom stereocenters. The topological polar surface area (TPSA) is 111 Å². The number of hydrogen-bond donors (Lipinski definition) is 2. The summed E-state index contributed by atoms with van der Waals surface area (Å²) in [6.45, 7) is 7.49. The second-order valence-corrected chi connectivity index (χ2v) is 8.10. The average Bonchev–Trinajstić information content (AvgIpc) is 2.77. The Bertz CT molecular complexity index is 995. The molecule has 8 heteroatoms. The van der Waals surface area contributed by atoms with Gasteiger partial charge in [-0.1, -0.05) is 38.1 Å². The van der Waals surface area contributed by atoms with Crippen molar-refractivity contribution in [3.8, 4) is 0 Å². The lowest BCUT2D eigenvalue weighted by atomic mass is 10.1. The number of amides is 2. The zero-order valence-electron chi connectivity index (χ0n) is 19.4. The minimum absolute atomic E-state index is 0.126. The highest BCUT2D eigenvalue weighted by Gasteiger charge is 2.14. The maximum absolute atomic E-state index is 12.2. The molecule has 0 fully saturated rings. The van der Waals surface area contributed by atoms with Gasteiger partial charge in [0.05, 0.1) is 18.6 Å². The van der Waals surface area contributed by atoms with Gasteiger partial charge < -0.3 is 20.1 Å². The maximum atomic E-state index is 12.2. The molecule has 33 heavy (non-hydrogen) atoms. The smallest absolute Gasteiger partial charge is 0.338 e. The number of nitrogens with one attached hydrogen (secondary N) is 2. The van der Waals surface area contributed by atoms with E-state index in [0.717, 1.165) is 11.1 Å². The molecule has 0 saturated carbocycles. The number of hydrogen-bond acceptors (Lipinski definition) is 6. The Balaban J connectivity index is 1.76. The number of rotatable bonds is 10. The number of benzene rings is 2. The standard InChI is InChI=1S/C25H30N2O6/c1-16(2)14-33-25(31)19-9-6-10-20(13-19)26-21(28)11-12-23(30)32-15-22(29)27-24-17(3)7-5-8-18(24)4/h5-10,13,16H,11-12,14-15H2,1-4H3,(H,26,28)(H,27,29). The van der Waals surface area contributed by atoms with Gasteiger partial charge in [-0.25, -0.2) is 4.79 Å². The van der Waals surface area contributed by atoms with Gasteiger partial charge in [0.1, 0.15) is 0 Å². The van der Waals surface area contributed by atoms with Gasteiger partial charge in [0, 0.05) is 17.8 Å². The monoisotopic (exact) mass is 454 g/mol. The lowest BCUT2D eigenvalue weighted by Crippen LogP contribution is -2.22. The number of anilines is 2. The van der Waals surface area contributed by atoms with Crippen LogP contribution in [-0.4, -0.2) is 37.0 Å². The molecule has 0 saturated heterocycles. The van der Waals surface area contributed by atoms with Crippen LogP contribution in [0.25, 0.3) is 0 Å². The molecule has 0 aliphatic rings. The summed E-state index contributed by atoms with van der Waals surface area (Å²) in [5.74, 6) is -1.78. The van der Waals surface area contributed by atoms with Crippen LogP contribution in [0.5, 0.6) is 0 Å². The van der Waals surface area contributed by atoms with E-state index >= 15 is 0 Å². The van der Waals surface area contributed by atoms with Crippen molar-refractivity contribution in [3.63, 3.8) is 0 Å². The van der Waals surface area contributed by atoms with E-state index in [1.165, 1.54) is 6.07 Å². The van der Waals surface area contributed by atoms with Gasteiger partial charge in [0.25, 0.3) is 5.91 Å². The summed E-state index contributed by atoms with van der Waals surface area (Å²) < 4.78 is 10.1. The molecule has 0 bridgehead atoms. The summed E-state index contributed by atoms with van der Waals surface area (Å²) in [6, 6.07) is 12.0. The van der Waals surface area contributed by atoms with E-state index in [2.05, 4.69) is 10.6 Å². The average molecular weight is 455 g/mol. The molecule has 2 amide bonds. The van der Waals surface area contributed by atoms with E-state index in [1.54, 1.807) is 18.2 Å². The van der Waals surface area contributed by atoms with Gasteiger partial charge >= 0.3 is 11.9 Å². The Morgan fingerprint density at radius 2 is 1.52 bits per heavy atom. The Kier molecular flexibility index (Phi) is 9.60. The van der Waals surface area contributed by atoms with Crippen LogP contribution in [-0.2, 0) is 23.9 Å². The van der Waals surface area contributed by atoms with Gasteiger partial charge in [0.15, 0.2) is 6.61 Å². The molecular formula is C25H30N2O6. The third-order valence-electron chi connectivity index (χ3n) is 4.60. The molecule has 0 aromatic heterocycles. The molecule has 176 valence electrons. The number of esters is 2. The van der Waals surface area contributed by atoms with Crippen molar-refractivity contribution in [1.82, 2.24) is 0 Å². The van der Waals surface area contributed by atoms with Crippen LogP contribution in [0.4, 0.5) is 11.4 Å². The van der Waals surface area contributed by atoms with Gasteiger partial charge in [-0.05, 0) is 49.1 Å². The number of carbonyl (C=O) groups excluding carboxylic acids is 4. The Labute approximate surface area is 193 Å². The largest absolute Gasteiger partial charge is 0.462 e. The van der Waals surface area contributed by atoms with Crippen LogP contribution < -0.4 is 10.6 Å². The summed E-state index contributed by atoms with van der Waals surface area (Å²) in [5, 5.41) is 5.36. The lowest BCUT2D eigenvalue weighted by molar-refractivity contribution is -0.147. The van der Waals surface area contributed by atoms with Crippen molar-refractivity contribution in [2.24, 2.45) is 5.92 Å². The highest BCUT2D eigenvalue weighted by Crippen LogP contribution is 2.19. The van der Waals surface area contributed by atoms with E-state index < -0.39 is 30.4 Å². The molecule has 2 aromatic rings. The summed E-state index contributed by atoms with van der Waals surface area (Å²) in [5.41, 5.74) is 3.24. The SMILES string of the molecule is Cc1cccc(C)c1NC(=O)COC(=O)CCC(=O)Nc1cccc(C(=O)OCC(C)C)c1. The maximum Gasteiger partial charge on any atom is 0.338 e. The zero-order valence-corrected chi connectivity index (χ0v) is 19.4. The Hall–Kier alpha value is -3.68.